The predicted molar refractivity (Wildman–Crippen MR) is 78.2 cm³/mol. The second-order valence-electron chi connectivity index (χ2n) is 5.00. The number of rotatable bonds is 4. The Morgan fingerprint density at radius 1 is 1.10 bits per heavy atom. The van der Waals surface area contributed by atoms with E-state index in [0.29, 0.717) is 12.1 Å². The van der Waals surface area contributed by atoms with Gasteiger partial charge in [-0.2, -0.15) is 0 Å². The number of hydrogen-bond acceptors (Lipinski definition) is 2. The van der Waals surface area contributed by atoms with Crippen LogP contribution in [-0.2, 0) is 6.42 Å². The van der Waals surface area contributed by atoms with E-state index in [2.05, 4.69) is 0 Å². The lowest BCUT2D eigenvalue weighted by atomic mass is 10.1. The van der Waals surface area contributed by atoms with Gasteiger partial charge in [-0.15, -0.1) is 0 Å². The highest BCUT2D eigenvalue weighted by Gasteiger charge is 2.11. The maximum atomic E-state index is 14.2. The van der Waals surface area contributed by atoms with Crippen molar-refractivity contribution in [1.82, 2.24) is 0 Å². The molecule has 0 aliphatic rings. The monoisotopic (exact) mass is 276 g/mol. The van der Waals surface area contributed by atoms with Gasteiger partial charge in [0.1, 0.15) is 11.6 Å². The largest absolute Gasteiger partial charge is 0.342 e. The van der Waals surface area contributed by atoms with E-state index in [1.807, 2.05) is 13.0 Å². The summed E-state index contributed by atoms with van der Waals surface area (Å²) in [6.45, 7) is 1.89. The summed E-state index contributed by atoms with van der Waals surface area (Å²) in [6.07, 6.45) is 0.636. The molecule has 0 spiro atoms. The minimum absolute atomic E-state index is 0.00456. The summed E-state index contributed by atoms with van der Waals surface area (Å²) in [4.78, 5) is 1.68. The van der Waals surface area contributed by atoms with Crippen LogP contribution in [0.4, 0.5) is 20.2 Å². The maximum absolute atomic E-state index is 14.2. The van der Waals surface area contributed by atoms with E-state index in [1.165, 1.54) is 18.2 Å². The number of nitrogens with two attached hydrogens (primary N) is 1. The Morgan fingerprint density at radius 2 is 1.75 bits per heavy atom. The average Bonchev–Trinajstić information content (AvgIpc) is 2.38. The average molecular weight is 276 g/mol. The van der Waals surface area contributed by atoms with Crippen LogP contribution >= 0.6 is 0 Å². The lowest BCUT2D eigenvalue weighted by molar-refractivity contribution is 0.622. The molecule has 2 aromatic carbocycles. The van der Waals surface area contributed by atoms with Gasteiger partial charge >= 0.3 is 0 Å². The Balaban J connectivity index is 2.26. The number of halogens is 2. The standard InChI is InChI=1S/C16H18F2N2/c1-11(19)9-12-3-8-16(15(18)10-12)20(2)14-6-4-13(17)5-7-14/h3-8,10-11H,9,19H2,1-2H3. The molecular weight excluding hydrogens is 258 g/mol. The van der Waals surface area contributed by atoms with Crippen molar-refractivity contribution in [2.24, 2.45) is 5.73 Å². The first-order valence-corrected chi connectivity index (χ1v) is 6.50. The molecule has 0 aliphatic heterocycles. The molecule has 0 saturated carbocycles. The van der Waals surface area contributed by atoms with Gasteiger partial charge in [0.2, 0.25) is 0 Å². The van der Waals surface area contributed by atoms with E-state index in [0.717, 1.165) is 11.3 Å². The van der Waals surface area contributed by atoms with E-state index in [-0.39, 0.29) is 17.7 Å². The summed E-state index contributed by atoms with van der Waals surface area (Å²) in [7, 11) is 1.75. The lowest BCUT2D eigenvalue weighted by Crippen LogP contribution is -2.18. The van der Waals surface area contributed by atoms with Gasteiger partial charge in [-0.05, 0) is 55.3 Å². The van der Waals surface area contributed by atoms with Crippen molar-refractivity contribution in [2.45, 2.75) is 19.4 Å². The van der Waals surface area contributed by atoms with Gasteiger partial charge in [-0.1, -0.05) is 6.07 Å². The van der Waals surface area contributed by atoms with Crippen LogP contribution < -0.4 is 10.6 Å². The van der Waals surface area contributed by atoms with E-state index in [9.17, 15) is 8.78 Å². The van der Waals surface area contributed by atoms with Crippen molar-refractivity contribution in [2.75, 3.05) is 11.9 Å². The third-order valence-corrected chi connectivity index (χ3v) is 3.15. The molecule has 0 bridgehead atoms. The van der Waals surface area contributed by atoms with Crippen LogP contribution in [0.5, 0.6) is 0 Å². The van der Waals surface area contributed by atoms with Gasteiger partial charge in [0.25, 0.3) is 0 Å². The Kier molecular flexibility index (Phi) is 4.35. The summed E-state index contributed by atoms with van der Waals surface area (Å²) in [6, 6.07) is 11.0. The number of nitrogens with zero attached hydrogens (tertiary/aromatic N) is 1. The van der Waals surface area contributed by atoms with Gasteiger partial charge in [0, 0.05) is 18.8 Å². The molecule has 0 aliphatic carbocycles. The SMILES string of the molecule is CC(N)Cc1ccc(N(C)c2ccc(F)cc2)c(F)c1. The summed E-state index contributed by atoms with van der Waals surface area (Å²) in [5.74, 6) is -0.620. The van der Waals surface area contributed by atoms with Gasteiger partial charge in [0.15, 0.2) is 0 Å². The molecule has 2 rings (SSSR count). The minimum Gasteiger partial charge on any atom is -0.342 e. The second kappa shape index (κ2) is 6.01. The van der Waals surface area contributed by atoms with E-state index >= 15 is 0 Å². The lowest BCUT2D eigenvalue weighted by Gasteiger charge is -2.20. The predicted octanol–water partition coefficient (Wildman–Crippen LogP) is 3.62. The molecule has 0 fully saturated rings. The molecule has 2 N–H and O–H groups in total. The summed E-state index contributed by atoms with van der Waals surface area (Å²) in [5, 5.41) is 0. The third kappa shape index (κ3) is 3.33. The highest BCUT2D eigenvalue weighted by atomic mass is 19.1. The molecule has 0 aromatic heterocycles. The zero-order valence-corrected chi connectivity index (χ0v) is 11.6. The van der Waals surface area contributed by atoms with Crippen molar-refractivity contribution >= 4 is 11.4 Å². The molecule has 0 amide bonds. The van der Waals surface area contributed by atoms with Crippen LogP contribution in [0.25, 0.3) is 0 Å². The van der Waals surface area contributed by atoms with Gasteiger partial charge in [-0.3, -0.25) is 0 Å². The fourth-order valence-electron chi connectivity index (χ4n) is 2.12. The van der Waals surface area contributed by atoms with E-state index in [4.69, 9.17) is 5.73 Å². The fourth-order valence-corrected chi connectivity index (χ4v) is 2.12. The summed E-state index contributed by atoms with van der Waals surface area (Å²) < 4.78 is 27.1. The Bertz CT molecular complexity index is 580. The zero-order valence-electron chi connectivity index (χ0n) is 11.6. The van der Waals surface area contributed by atoms with Gasteiger partial charge < -0.3 is 10.6 Å². The number of anilines is 2. The zero-order chi connectivity index (χ0) is 14.7. The van der Waals surface area contributed by atoms with Crippen molar-refractivity contribution in [3.8, 4) is 0 Å². The molecule has 0 radical (unpaired) electrons. The van der Waals surface area contributed by atoms with Gasteiger partial charge in [-0.25, -0.2) is 8.78 Å². The molecule has 0 heterocycles. The van der Waals surface area contributed by atoms with Crippen LogP contribution in [0, 0.1) is 11.6 Å². The van der Waals surface area contributed by atoms with Crippen molar-refractivity contribution < 1.29 is 8.78 Å². The van der Waals surface area contributed by atoms with E-state index < -0.39 is 0 Å². The normalized spacial score (nSPS) is 12.2. The first-order chi connectivity index (χ1) is 9.47. The van der Waals surface area contributed by atoms with Crippen molar-refractivity contribution in [3.05, 3.63) is 59.7 Å². The number of hydrogen-bond donors (Lipinski definition) is 1. The second-order valence-corrected chi connectivity index (χ2v) is 5.00. The van der Waals surface area contributed by atoms with Crippen molar-refractivity contribution in [3.63, 3.8) is 0 Å². The summed E-state index contributed by atoms with van der Waals surface area (Å²) in [5.41, 5.74) is 7.75. The van der Waals surface area contributed by atoms with Gasteiger partial charge in [0.05, 0.1) is 5.69 Å². The van der Waals surface area contributed by atoms with Crippen LogP contribution in [0.15, 0.2) is 42.5 Å². The molecule has 4 heteroatoms. The molecule has 0 saturated heterocycles. The summed E-state index contributed by atoms with van der Waals surface area (Å²) >= 11 is 0. The Hall–Kier alpha value is -1.94. The van der Waals surface area contributed by atoms with Crippen LogP contribution in [-0.4, -0.2) is 13.1 Å². The molecule has 2 aromatic rings. The fraction of sp³-hybridized carbons (Fsp3) is 0.250. The first kappa shape index (κ1) is 14.5. The van der Waals surface area contributed by atoms with Crippen LogP contribution in [0.1, 0.15) is 12.5 Å². The molecule has 20 heavy (non-hydrogen) atoms. The Morgan fingerprint density at radius 3 is 2.30 bits per heavy atom. The van der Waals surface area contributed by atoms with Crippen molar-refractivity contribution in [1.29, 1.82) is 0 Å². The van der Waals surface area contributed by atoms with Crippen LogP contribution in [0.2, 0.25) is 0 Å². The van der Waals surface area contributed by atoms with E-state index in [1.54, 1.807) is 30.1 Å². The Labute approximate surface area is 117 Å². The first-order valence-electron chi connectivity index (χ1n) is 6.50. The molecule has 2 nitrogen and oxygen atoms in total. The topological polar surface area (TPSA) is 29.3 Å². The smallest absolute Gasteiger partial charge is 0.147 e. The highest BCUT2D eigenvalue weighted by Crippen LogP contribution is 2.27. The highest BCUT2D eigenvalue weighted by molar-refractivity contribution is 5.63. The van der Waals surface area contributed by atoms with Crippen LogP contribution in [0.3, 0.4) is 0 Å². The molecule has 1 atom stereocenters. The number of benzene rings is 2. The molecular formula is C16H18F2N2. The minimum atomic E-state index is -0.310. The quantitative estimate of drug-likeness (QED) is 0.924. The molecule has 106 valence electrons. The molecule has 1 unspecified atom stereocenters. The maximum Gasteiger partial charge on any atom is 0.147 e. The third-order valence-electron chi connectivity index (χ3n) is 3.15.